The Morgan fingerprint density at radius 1 is 0.857 bits per heavy atom. The quantitative estimate of drug-likeness (QED) is 0.554. The molecule has 2 aliphatic heterocycles. The van der Waals surface area contributed by atoms with Gasteiger partial charge in [0.15, 0.2) is 0 Å². The van der Waals surface area contributed by atoms with Crippen LogP contribution in [0.2, 0.25) is 0 Å². The van der Waals surface area contributed by atoms with Crippen molar-refractivity contribution in [3.05, 3.63) is 22.5 Å². The second-order valence-electron chi connectivity index (χ2n) is 3.99. The molecule has 0 aromatic heterocycles. The maximum Gasteiger partial charge on any atom is 0.0919 e. The molecule has 0 aliphatic carbocycles. The Balaban J connectivity index is 0.000000140. The lowest BCUT2D eigenvalue weighted by Crippen LogP contribution is -1.81. The third-order valence-electron chi connectivity index (χ3n) is 2.76. The van der Waals surface area contributed by atoms with Crippen LogP contribution in [0, 0.1) is 0 Å². The van der Waals surface area contributed by atoms with Crippen molar-refractivity contribution >= 4 is 0 Å². The molecule has 2 nitrogen and oxygen atoms in total. The first kappa shape index (κ1) is 11.3. The van der Waals surface area contributed by atoms with E-state index in [4.69, 9.17) is 9.47 Å². The highest BCUT2D eigenvalue weighted by Crippen LogP contribution is 2.16. The van der Waals surface area contributed by atoms with Crippen molar-refractivity contribution in [3.63, 3.8) is 0 Å². The fraction of sp³-hybridized carbons (Fsp3) is 0.667. The maximum absolute atomic E-state index is 5.14. The largest absolute Gasteiger partial charge is 0.498 e. The van der Waals surface area contributed by atoms with Gasteiger partial charge < -0.3 is 9.47 Å². The highest BCUT2D eigenvalue weighted by atomic mass is 16.5. The molecule has 2 aliphatic rings. The first-order valence-corrected chi connectivity index (χ1v) is 5.13. The SMILES string of the molecule is CC1=C(C)COC1.CC1=C(C)OCC1. The lowest BCUT2D eigenvalue weighted by molar-refractivity contribution is 0.204. The van der Waals surface area contributed by atoms with Gasteiger partial charge in [-0.05, 0) is 44.4 Å². The average Bonchev–Trinajstić information content (AvgIpc) is 2.67. The van der Waals surface area contributed by atoms with E-state index in [1.807, 2.05) is 6.92 Å². The molecule has 2 rings (SSSR count). The van der Waals surface area contributed by atoms with Gasteiger partial charge in [-0.2, -0.15) is 0 Å². The molecular formula is C12H20O2. The molecule has 14 heavy (non-hydrogen) atoms. The van der Waals surface area contributed by atoms with E-state index < -0.39 is 0 Å². The van der Waals surface area contributed by atoms with Gasteiger partial charge in [0.1, 0.15) is 0 Å². The third-order valence-corrected chi connectivity index (χ3v) is 2.76. The number of hydrogen-bond acceptors (Lipinski definition) is 2. The summed E-state index contributed by atoms with van der Waals surface area (Å²) in [6, 6.07) is 0. The van der Waals surface area contributed by atoms with Crippen LogP contribution in [0.1, 0.15) is 34.1 Å². The van der Waals surface area contributed by atoms with Crippen molar-refractivity contribution in [2.24, 2.45) is 0 Å². The third kappa shape index (κ3) is 3.18. The average molecular weight is 196 g/mol. The summed E-state index contributed by atoms with van der Waals surface area (Å²) < 4.78 is 10.2. The molecule has 0 N–H and O–H groups in total. The summed E-state index contributed by atoms with van der Waals surface area (Å²) in [7, 11) is 0. The molecule has 2 heterocycles. The summed E-state index contributed by atoms with van der Waals surface area (Å²) in [5, 5.41) is 0. The lowest BCUT2D eigenvalue weighted by Gasteiger charge is -1.91. The van der Waals surface area contributed by atoms with Gasteiger partial charge in [-0.1, -0.05) is 0 Å². The molecule has 0 unspecified atom stereocenters. The number of allylic oxidation sites excluding steroid dienone is 1. The van der Waals surface area contributed by atoms with Gasteiger partial charge in [-0.15, -0.1) is 0 Å². The van der Waals surface area contributed by atoms with E-state index in [1.165, 1.54) is 16.7 Å². The second kappa shape index (κ2) is 5.20. The van der Waals surface area contributed by atoms with Crippen LogP contribution in [0.4, 0.5) is 0 Å². The summed E-state index contributed by atoms with van der Waals surface area (Å²) in [6.45, 7) is 11.0. The monoisotopic (exact) mass is 196 g/mol. The molecule has 0 saturated carbocycles. The van der Waals surface area contributed by atoms with Crippen LogP contribution < -0.4 is 0 Å². The Kier molecular flexibility index (Phi) is 4.21. The Labute approximate surface area is 86.6 Å². The zero-order valence-electron chi connectivity index (χ0n) is 9.64. The normalized spacial score (nSPS) is 20.9. The van der Waals surface area contributed by atoms with Gasteiger partial charge in [0.2, 0.25) is 0 Å². The maximum atomic E-state index is 5.14. The highest BCUT2D eigenvalue weighted by Gasteiger charge is 2.04. The van der Waals surface area contributed by atoms with Gasteiger partial charge in [0.05, 0.1) is 25.6 Å². The first-order valence-electron chi connectivity index (χ1n) is 5.13. The molecule has 0 aromatic carbocycles. The van der Waals surface area contributed by atoms with E-state index >= 15 is 0 Å². The van der Waals surface area contributed by atoms with Crippen LogP contribution >= 0.6 is 0 Å². The molecule has 0 amide bonds. The van der Waals surface area contributed by atoms with Gasteiger partial charge in [0.25, 0.3) is 0 Å². The fourth-order valence-electron chi connectivity index (χ4n) is 1.26. The molecule has 0 atom stereocenters. The fourth-order valence-corrected chi connectivity index (χ4v) is 1.26. The van der Waals surface area contributed by atoms with Crippen molar-refractivity contribution in [2.45, 2.75) is 34.1 Å². The van der Waals surface area contributed by atoms with Gasteiger partial charge in [-0.25, -0.2) is 0 Å². The summed E-state index contributed by atoms with van der Waals surface area (Å²) in [5.41, 5.74) is 4.21. The molecule has 0 fully saturated rings. The Bertz CT molecular complexity index is 209. The number of hydrogen-bond donors (Lipinski definition) is 0. The second-order valence-corrected chi connectivity index (χ2v) is 3.99. The molecule has 0 bridgehead atoms. The summed E-state index contributed by atoms with van der Waals surface area (Å²) in [6.07, 6.45) is 1.13. The summed E-state index contributed by atoms with van der Waals surface area (Å²) in [4.78, 5) is 0. The predicted molar refractivity (Wildman–Crippen MR) is 58.1 cm³/mol. The van der Waals surface area contributed by atoms with Crippen LogP contribution in [0.25, 0.3) is 0 Å². The lowest BCUT2D eigenvalue weighted by atomic mass is 10.2. The summed E-state index contributed by atoms with van der Waals surface area (Å²) >= 11 is 0. The Hall–Kier alpha value is -0.760. The van der Waals surface area contributed by atoms with E-state index in [-0.39, 0.29) is 0 Å². The zero-order valence-corrected chi connectivity index (χ0v) is 9.64. The Morgan fingerprint density at radius 2 is 1.43 bits per heavy atom. The predicted octanol–water partition coefficient (Wildman–Crippen LogP) is 3.05. The standard InChI is InChI=1S/2C6H10O/c1-5-3-7-4-6(5)2;1-5-3-4-7-6(5)2/h2*3-4H2,1-2H3. The molecule has 0 aromatic rings. The number of ether oxygens (including phenoxy) is 2. The minimum Gasteiger partial charge on any atom is -0.498 e. The van der Waals surface area contributed by atoms with E-state index in [9.17, 15) is 0 Å². The molecule has 0 radical (unpaired) electrons. The van der Waals surface area contributed by atoms with E-state index in [0.717, 1.165) is 32.0 Å². The molecule has 0 saturated heterocycles. The van der Waals surface area contributed by atoms with Crippen molar-refractivity contribution in [1.29, 1.82) is 0 Å². The van der Waals surface area contributed by atoms with Crippen molar-refractivity contribution in [2.75, 3.05) is 19.8 Å². The molecule has 2 heteroatoms. The van der Waals surface area contributed by atoms with Crippen LogP contribution in [0.15, 0.2) is 22.5 Å². The molecule has 0 spiro atoms. The smallest absolute Gasteiger partial charge is 0.0919 e. The van der Waals surface area contributed by atoms with Crippen LogP contribution in [0.5, 0.6) is 0 Å². The topological polar surface area (TPSA) is 18.5 Å². The first-order chi connectivity index (χ1) is 6.61. The van der Waals surface area contributed by atoms with E-state index in [2.05, 4.69) is 20.8 Å². The van der Waals surface area contributed by atoms with Gasteiger partial charge >= 0.3 is 0 Å². The zero-order chi connectivity index (χ0) is 10.6. The van der Waals surface area contributed by atoms with Crippen LogP contribution in [-0.4, -0.2) is 19.8 Å². The van der Waals surface area contributed by atoms with Crippen molar-refractivity contribution < 1.29 is 9.47 Å². The highest BCUT2D eigenvalue weighted by molar-refractivity contribution is 5.13. The van der Waals surface area contributed by atoms with Gasteiger partial charge in [0, 0.05) is 6.42 Å². The van der Waals surface area contributed by atoms with E-state index in [0.29, 0.717) is 0 Å². The molecular weight excluding hydrogens is 176 g/mol. The Morgan fingerprint density at radius 3 is 1.57 bits per heavy atom. The summed E-state index contributed by atoms with van der Waals surface area (Å²) in [5.74, 6) is 1.12. The van der Waals surface area contributed by atoms with E-state index in [1.54, 1.807) is 0 Å². The van der Waals surface area contributed by atoms with Crippen LogP contribution in [0.3, 0.4) is 0 Å². The van der Waals surface area contributed by atoms with Crippen molar-refractivity contribution in [3.8, 4) is 0 Å². The number of rotatable bonds is 0. The minimum absolute atomic E-state index is 0.853. The van der Waals surface area contributed by atoms with Crippen LogP contribution in [-0.2, 0) is 9.47 Å². The van der Waals surface area contributed by atoms with Crippen molar-refractivity contribution in [1.82, 2.24) is 0 Å². The van der Waals surface area contributed by atoms with Gasteiger partial charge in [-0.3, -0.25) is 0 Å². The minimum atomic E-state index is 0.853. The molecule has 80 valence electrons.